The van der Waals surface area contributed by atoms with E-state index in [1.165, 1.54) is 24.3 Å². The van der Waals surface area contributed by atoms with E-state index in [0.717, 1.165) is 25.9 Å². The molecule has 2 fully saturated rings. The molecule has 3 heterocycles. The third-order valence-electron chi connectivity index (χ3n) is 6.06. The van der Waals surface area contributed by atoms with Crippen LogP contribution >= 0.6 is 0 Å². The molecule has 2 aromatic carbocycles. The van der Waals surface area contributed by atoms with Crippen molar-refractivity contribution in [2.24, 2.45) is 5.10 Å². The topological polar surface area (TPSA) is 148 Å². The van der Waals surface area contributed by atoms with Crippen molar-refractivity contribution in [3.05, 3.63) is 69.8 Å². The average Bonchev–Trinajstić information content (AvgIpc) is 3.49. The number of carbonyl (C=O) groups excluding carboxylic acids is 1. The van der Waals surface area contributed by atoms with Gasteiger partial charge in [-0.1, -0.05) is 12.1 Å². The zero-order valence-corrected chi connectivity index (χ0v) is 20.5. The summed E-state index contributed by atoms with van der Waals surface area (Å²) < 4.78 is 10.9. The molecule has 196 valence electrons. The summed E-state index contributed by atoms with van der Waals surface area (Å²) in [7, 11) is 0. The molecule has 13 heteroatoms. The van der Waals surface area contributed by atoms with Gasteiger partial charge in [0.05, 0.1) is 29.9 Å². The summed E-state index contributed by atoms with van der Waals surface area (Å²) in [5.41, 5.74) is 3.67. The third-order valence-corrected chi connectivity index (χ3v) is 6.06. The van der Waals surface area contributed by atoms with Crippen LogP contribution in [-0.4, -0.2) is 71.5 Å². The van der Waals surface area contributed by atoms with Gasteiger partial charge in [0.1, 0.15) is 5.75 Å². The van der Waals surface area contributed by atoms with E-state index in [2.05, 4.69) is 35.3 Å². The second kappa shape index (κ2) is 11.6. The van der Waals surface area contributed by atoms with Gasteiger partial charge in [-0.15, -0.1) is 0 Å². The third kappa shape index (κ3) is 6.18. The van der Waals surface area contributed by atoms with E-state index in [-0.39, 0.29) is 11.3 Å². The number of ether oxygens (including phenoxy) is 2. The molecule has 2 aliphatic rings. The average molecular weight is 519 g/mol. The Morgan fingerprint density at radius 3 is 2.37 bits per heavy atom. The van der Waals surface area contributed by atoms with E-state index < -0.39 is 10.9 Å². The van der Waals surface area contributed by atoms with E-state index >= 15 is 0 Å². The van der Waals surface area contributed by atoms with E-state index in [9.17, 15) is 14.9 Å². The van der Waals surface area contributed by atoms with Crippen LogP contribution < -0.4 is 20.0 Å². The predicted molar refractivity (Wildman–Crippen MR) is 140 cm³/mol. The summed E-state index contributed by atoms with van der Waals surface area (Å²) in [5, 5.41) is 15.1. The fraction of sp³-hybridized carbons (Fsp3) is 0.320. The van der Waals surface area contributed by atoms with Gasteiger partial charge in [0, 0.05) is 38.3 Å². The lowest BCUT2D eigenvalue weighted by Crippen LogP contribution is -2.38. The molecule has 5 rings (SSSR count). The molecule has 0 bridgehead atoms. The van der Waals surface area contributed by atoms with Crippen LogP contribution in [0.4, 0.5) is 23.5 Å². The first-order chi connectivity index (χ1) is 18.5. The zero-order chi connectivity index (χ0) is 26.3. The second-order valence-corrected chi connectivity index (χ2v) is 8.69. The highest BCUT2D eigenvalue weighted by atomic mass is 16.6. The zero-order valence-electron chi connectivity index (χ0n) is 20.5. The smallest absolute Gasteiger partial charge is 0.343 e. The molecule has 0 atom stereocenters. The molecule has 2 saturated heterocycles. The van der Waals surface area contributed by atoms with Gasteiger partial charge in [-0.05, 0) is 42.7 Å². The Bertz CT molecular complexity index is 1320. The lowest BCUT2D eigenvalue weighted by molar-refractivity contribution is -0.384. The maximum Gasteiger partial charge on any atom is 0.343 e. The molecule has 0 spiro atoms. The summed E-state index contributed by atoms with van der Waals surface area (Å²) in [6, 6.07) is 12.0. The predicted octanol–water partition coefficient (Wildman–Crippen LogP) is 2.88. The Morgan fingerprint density at radius 2 is 1.68 bits per heavy atom. The fourth-order valence-electron chi connectivity index (χ4n) is 4.08. The summed E-state index contributed by atoms with van der Waals surface area (Å²) in [6.45, 7) is 4.46. The van der Waals surface area contributed by atoms with Gasteiger partial charge in [-0.25, -0.2) is 10.2 Å². The van der Waals surface area contributed by atoms with Gasteiger partial charge in [-0.3, -0.25) is 10.1 Å². The van der Waals surface area contributed by atoms with Gasteiger partial charge in [-0.2, -0.15) is 20.1 Å². The number of anilines is 3. The number of hydrazone groups is 1. The van der Waals surface area contributed by atoms with Crippen molar-refractivity contribution < 1.29 is 19.2 Å². The SMILES string of the molecule is O=C(Oc1cccc(/C=N\Nc2nc(N3CCCC3)nc(N3CCOCC3)n2)c1)c1ccc([N+](=O)[O-])cc1. The Morgan fingerprint density at radius 1 is 1.00 bits per heavy atom. The monoisotopic (exact) mass is 518 g/mol. The molecule has 3 aromatic rings. The van der Waals surface area contributed by atoms with Crippen LogP contribution in [0.5, 0.6) is 5.75 Å². The van der Waals surface area contributed by atoms with Crippen molar-refractivity contribution in [2.75, 3.05) is 54.6 Å². The number of nitro groups is 1. The Labute approximate surface area is 218 Å². The number of rotatable bonds is 8. The Hall–Kier alpha value is -4.65. The van der Waals surface area contributed by atoms with E-state index in [0.29, 0.717) is 55.5 Å². The van der Waals surface area contributed by atoms with Crippen molar-refractivity contribution in [1.82, 2.24) is 15.0 Å². The summed E-state index contributed by atoms with van der Waals surface area (Å²) in [6.07, 6.45) is 3.77. The van der Waals surface area contributed by atoms with Crippen molar-refractivity contribution in [3.63, 3.8) is 0 Å². The van der Waals surface area contributed by atoms with Gasteiger partial charge in [0.25, 0.3) is 5.69 Å². The van der Waals surface area contributed by atoms with Crippen LogP contribution in [0.3, 0.4) is 0 Å². The second-order valence-electron chi connectivity index (χ2n) is 8.69. The highest BCUT2D eigenvalue weighted by Gasteiger charge is 2.21. The number of hydrogen-bond donors (Lipinski definition) is 1. The van der Waals surface area contributed by atoms with Crippen LogP contribution in [0.15, 0.2) is 53.6 Å². The first-order valence-electron chi connectivity index (χ1n) is 12.2. The number of nitro benzene ring substituents is 1. The van der Waals surface area contributed by atoms with Crippen LogP contribution in [0.1, 0.15) is 28.8 Å². The molecule has 1 aromatic heterocycles. The van der Waals surface area contributed by atoms with E-state index in [4.69, 9.17) is 9.47 Å². The highest BCUT2D eigenvalue weighted by molar-refractivity contribution is 5.91. The van der Waals surface area contributed by atoms with Gasteiger partial charge in [0.15, 0.2) is 0 Å². The van der Waals surface area contributed by atoms with Crippen LogP contribution in [0, 0.1) is 10.1 Å². The molecule has 1 N–H and O–H groups in total. The van der Waals surface area contributed by atoms with Crippen LogP contribution in [0.25, 0.3) is 0 Å². The van der Waals surface area contributed by atoms with Crippen molar-refractivity contribution in [1.29, 1.82) is 0 Å². The molecule has 38 heavy (non-hydrogen) atoms. The minimum absolute atomic E-state index is 0.102. The Balaban J connectivity index is 1.27. The molecule has 0 amide bonds. The number of hydrogen-bond acceptors (Lipinski definition) is 12. The number of carbonyl (C=O) groups is 1. The summed E-state index contributed by atoms with van der Waals surface area (Å²) in [4.78, 5) is 40.7. The van der Waals surface area contributed by atoms with Crippen LogP contribution in [-0.2, 0) is 4.74 Å². The molecular weight excluding hydrogens is 492 g/mol. The van der Waals surface area contributed by atoms with Crippen molar-refractivity contribution in [3.8, 4) is 5.75 Å². The normalized spacial score (nSPS) is 15.6. The number of nitrogens with zero attached hydrogens (tertiary/aromatic N) is 7. The van der Waals surface area contributed by atoms with Crippen molar-refractivity contribution >= 4 is 35.7 Å². The van der Waals surface area contributed by atoms with Crippen LogP contribution in [0.2, 0.25) is 0 Å². The van der Waals surface area contributed by atoms with E-state index in [1.54, 1.807) is 30.5 Å². The highest BCUT2D eigenvalue weighted by Crippen LogP contribution is 2.21. The fourth-order valence-corrected chi connectivity index (χ4v) is 4.08. The first-order valence-corrected chi connectivity index (χ1v) is 12.2. The quantitative estimate of drug-likeness (QED) is 0.154. The molecule has 0 radical (unpaired) electrons. The molecule has 0 aliphatic carbocycles. The molecule has 2 aliphatic heterocycles. The minimum atomic E-state index is -0.623. The van der Waals surface area contributed by atoms with E-state index in [1.807, 2.05) is 0 Å². The van der Waals surface area contributed by atoms with Gasteiger partial charge < -0.3 is 19.3 Å². The summed E-state index contributed by atoms with van der Waals surface area (Å²) >= 11 is 0. The molecule has 0 saturated carbocycles. The number of morpholine rings is 1. The first kappa shape index (κ1) is 25.0. The van der Waals surface area contributed by atoms with Crippen molar-refractivity contribution in [2.45, 2.75) is 12.8 Å². The standard InChI is InChI=1S/C25H26N8O5/c34-22(19-6-8-20(9-7-19)33(35)36)38-21-5-3-4-18(16-21)17-26-30-23-27-24(31-10-1-2-11-31)29-25(28-23)32-12-14-37-15-13-32/h3-9,16-17H,1-2,10-15H2,(H,27,28,29,30)/b26-17-. The summed E-state index contributed by atoms with van der Waals surface area (Å²) in [5.74, 6) is 1.23. The lowest BCUT2D eigenvalue weighted by Gasteiger charge is -2.27. The largest absolute Gasteiger partial charge is 0.423 e. The maximum atomic E-state index is 12.4. The lowest BCUT2D eigenvalue weighted by atomic mass is 10.2. The van der Waals surface area contributed by atoms with Gasteiger partial charge >= 0.3 is 5.97 Å². The van der Waals surface area contributed by atoms with Gasteiger partial charge in [0.2, 0.25) is 17.8 Å². The maximum absolute atomic E-state index is 12.4. The molecular formula is C25H26N8O5. The minimum Gasteiger partial charge on any atom is -0.423 e. The molecule has 13 nitrogen and oxygen atoms in total. The Kier molecular flexibility index (Phi) is 7.64. The number of nitrogens with one attached hydrogen (secondary N) is 1. The number of esters is 1. The number of non-ortho nitro benzene ring substituents is 1. The molecule has 0 unspecified atom stereocenters. The number of benzene rings is 2. The number of aromatic nitrogens is 3.